The van der Waals surface area contributed by atoms with Crippen LogP contribution in [0.4, 0.5) is 5.69 Å². The van der Waals surface area contributed by atoms with E-state index in [4.69, 9.17) is 10.5 Å². The van der Waals surface area contributed by atoms with E-state index in [1.807, 2.05) is 55.6 Å². The second-order valence-corrected chi connectivity index (χ2v) is 13.8. The molecule has 0 aliphatic heterocycles. The summed E-state index contributed by atoms with van der Waals surface area (Å²) in [6, 6.07) is 9.56. The third-order valence-electron chi connectivity index (χ3n) is 10.7. The maximum Gasteiger partial charge on any atom is 0.191 e. The molecule has 8 unspecified atom stereocenters. The molecule has 1 aromatic carbocycles. The van der Waals surface area contributed by atoms with Crippen molar-refractivity contribution in [1.82, 2.24) is 0 Å². The van der Waals surface area contributed by atoms with Crippen molar-refractivity contribution in [1.29, 1.82) is 0 Å². The number of fused-ring (bicyclic) bond motifs is 3. The van der Waals surface area contributed by atoms with E-state index in [1.54, 1.807) is 6.08 Å². The molecule has 3 saturated carbocycles. The quantitative estimate of drug-likeness (QED) is 0.104. The minimum atomic E-state index is -1.44. The number of anilines is 1. The van der Waals surface area contributed by atoms with E-state index in [2.05, 4.69) is 13.0 Å². The van der Waals surface area contributed by atoms with Crippen molar-refractivity contribution in [3.05, 3.63) is 75.5 Å². The highest BCUT2D eigenvalue weighted by atomic mass is 32.1. The molecule has 0 saturated heterocycles. The first-order chi connectivity index (χ1) is 20.0. The third-order valence-corrected chi connectivity index (χ3v) is 11.7. The SMILES string of the molecule is C/C=C\C1(C)/C(=C\C=O)CCC2C1C(O)CC1(C)C2CCC1(OC(O)c1cc(Cc2cccc(N)c2)cs1)C(=O)CO. The molecule has 42 heavy (non-hydrogen) atoms. The Hall–Kier alpha value is -2.62. The van der Waals surface area contributed by atoms with Gasteiger partial charge < -0.3 is 25.8 Å². The molecule has 5 N–H and O–H groups in total. The number of carbonyl (C=O) groups is 2. The van der Waals surface area contributed by atoms with Gasteiger partial charge in [0.2, 0.25) is 0 Å². The molecule has 226 valence electrons. The number of allylic oxidation sites excluding steroid dienone is 4. The highest BCUT2D eigenvalue weighted by Crippen LogP contribution is 2.68. The average Bonchev–Trinajstić information content (AvgIpc) is 3.52. The van der Waals surface area contributed by atoms with Gasteiger partial charge in [-0.1, -0.05) is 43.7 Å². The Balaban J connectivity index is 1.45. The minimum Gasteiger partial charge on any atom is -0.399 e. The zero-order chi connectivity index (χ0) is 30.3. The maximum atomic E-state index is 13.6. The second-order valence-electron chi connectivity index (χ2n) is 12.8. The van der Waals surface area contributed by atoms with Crippen LogP contribution in [0, 0.1) is 28.6 Å². The van der Waals surface area contributed by atoms with Gasteiger partial charge in [-0.15, -0.1) is 11.3 Å². The molecule has 3 aliphatic rings. The van der Waals surface area contributed by atoms with Crippen LogP contribution >= 0.6 is 11.3 Å². The fourth-order valence-corrected chi connectivity index (χ4v) is 9.77. The largest absolute Gasteiger partial charge is 0.399 e. The van der Waals surface area contributed by atoms with E-state index < -0.39 is 41.2 Å². The number of aliphatic hydroxyl groups excluding tert-OH is 3. The van der Waals surface area contributed by atoms with Crippen molar-refractivity contribution < 1.29 is 29.6 Å². The van der Waals surface area contributed by atoms with Crippen LogP contribution in [0.5, 0.6) is 0 Å². The monoisotopic (exact) mass is 593 g/mol. The Kier molecular flexibility index (Phi) is 8.67. The van der Waals surface area contributed by atoms with E-state index in [-0.39, 0.29) is 17.8 Å². The molecular weight excluding hydrogens is 550 g/mol. The number of nitrogens with two attached hydrogens (primary N) is 1. The summed E-state index contributed by atoms with van der Waals surface area (Å²) in [5.41, 5.74) is 6.99. The van der Waals surface area contributed by atoms with Crippen LogP contribution < -0.4 is 5.73 Å². The van der Waals surface area contributed by atoms with E-state index >= 15 is 0 Å². The maximum absolute atomic E-state index is 13.6. The van der Waals surface area contributed by atoms with Crippen LogP contribution in [0.1, 0.15) is 75.2 Å². The highest BCUT2D eigenvalue weighted by Gasteiger charge is 2.69. The van der Waals surface area contributed by atoms with Crippen LogP contribution in [-0.2, 0) is 20.7 Å². The van der Waals surface area contributed by atoms with Crippen molar-refractivity contribution in [2.75, 3.05) is 12.3 Å². The van der Waals surface area contributed by atoms with E-state index in [0.29, 0.717) is 36.2 Å². The fourth-order valence-electron chi connectivity index (χ4n) is 8.95. The number of aliphatic hydroxyl groups is 3. The van der Waals surface area contributed by atoms with Crippen LogP contribution in [-0.4, -0.2) is 45.7 Å². The van der Waals surface area contributed by atoms with Gasteiger partial charge in [-0.2, -0.15) is 0 Å². The van der Waals surface area contributed by atoms with Gasteiger partial charge in [0.05, 0.1) is 11.0 Å². The molecule has 0 radical (unpaired) electrons. The smallest absolute Gasteiger partial charge is 0.191 e. The molecule has 1 aromatic heterocycles. The predicted octanol–water partition coefficient (Wildman–Crippen LogP) is 5.14. The van der Waals surface area contributed by atoms with Gasteiger partial charge >= 0.3 is 0 Å². The number of rotatable bonds is 9. The van der Waals surface area contributed by atoms with Crippen molar-refractivity contribution in [2.45, 2.75) is 77.3 Å². The lowest BCUT2D eigenvalue weighted by atomic mass is 9.46. The zero-order valence-electron chi connectivity index (χ0n) is 24.7. The van der Waals surface area contributed by atoms with Crippen molar-refractivity contribution in [2.24, 2.45) is 28.6 Å². The Morgan fingerprint density at radius 1 is 1.24 bits per heavy atom. The predicted molar refractivity (Wildman–Crippen MR) is 164 cm³/mol. The topological polar surface area (TPSA) is 130 Å². The molecule has 0 bridgehead atoms. The number of nitrogen functional groups attached to an aromatic ring is 1. The molecule has 0 amide bonds. The number of hydrogen-bond donors (Lipinski definition) is 4. The summed E-state index contributed by atoms with van der Waals surface area (Å²) >= 11 is 1.37. The Morgan fingerprint density at radius 3 is 2.71 bits per heavy atom. The summed E-state index contributed by atoms with van der Waals surface area (Å²) in [4.78, 5) is 25.7. The van der Waals surface area contributed by atoms with Gasteiger partial charge in [-0.3, -0.25) is 9.59 Å². The first-order valence-corrected chi connectivity index (χ1v) is 15.8. The zero-order valence-corrected chi connectivity index (χ0v) is 25.5. The Bertz CT molecular complexity index is 1380. The van der Waals surface area contributed by atoms with Crippen LogP contribution in [0.2, 0.25) is 0 Å². The van der Waals surface area contributed by atoms with Crippen molar-refractivity contribution in [3.8, 4) is 0 Å². The summed E-state index contributed by atoms with van der Waals surface area (Å²) in [6.45, 7) is 5.35. The minimum absolute atomic E-state index is 0.0402. The van der Waals surface area contributed by atoms with Gasteiger partial charge in [0, 0.05) is 22.4 Å². The van der Waals surface area contributed by atoms with Crippen LogP contribution in [0.15, 0.2) is 59.5 Å². The number of Topliss-reactive ketones (excluding diaryl/α,β-unsaturated/α-hetero) is 1. The number of ketones is 1. The molecule has 3 fully saturated rings. The normalized spacial score (nSPS) is 36.1. The Morgan fingerprint density at radius 2 is 2.02 bits per heavy atom. The summed E-state index contributed by atoms with van der Waals surface area (Å²) in [5.74, 6) is -0.450. The standard InChI is InChI=1S/C34H43NO6S/c1-4-12-32(2)23(11-14-36)8-9-25-26-10-13-34(29(39)19-37,33(26,3)18-27(38)30(25)32)41-31(40)28-17-22(20-42-28)15-21-6-5-7-24(35)16-21/h4-7,11-12,14,16-17,20,25-27,30-31,37-38,40H,8-10,13,15,18-19,35H2,1-3H3/b12-4-,23-11-. The lowest BCUT2D eigenvalue weighted by Gasteiger charge is -2.60. The molecule has 7 nitrogen and oxygen atoms in total. The molecule has 8 atom stereocenters. The number of hydrogen-bond acceptors (Lipinski definition) is 8. The van der Waals surface area contributed by atoms with Crippen molar-refractivity contribution in [3.63, 3.8) is 0 Å². The molecule has 5 rings (SSSR count). The Labute approximate surface area is 252 Å². The van der Waals surface area contributed by atoms with Gasteiger partial charge in [0.25, 0.3) is 0 Å². The summed E-state index contributed by atoms with van der Waals surface area (Å²) in [7, 11) is 0. The number of thiophene rings is 1. The number of aldehydes is 1. The van der Waals surface area contributed by atoms with Gasteiger partial charge in [-0.05, 0) is 98.1 Å². The average molecular weight is 594 g/mol. The first-order valence-electron chi connectivity index (χ1n) is 14.9. The fraction of sp³-hybridized carbons (Fsp3) is 0.529. The van der Waals surface area contributed by atoms with E-state index in [9.17, 15) is 24.9 Å². The number of ether oxygens (including phenoxy) is 1. The van der Waals surface area contributed by atoms with Crippen LogP contribution in [0.25, 0.3) is 0 Å². The van der Waals surface area contributed by atoms with Gasteiger partial charge in [0.1, 0.15) is 18.5 Å². The highest BCUT2D eigenvalue weighted by molar-refractivity contribution is 7.10. The molecular formula is C34H43NO6S. The summed E-state index contributed by atoms with van der Waals surface area (Å²) < 4.78 is 6.43. The lowest BCUT2D eigenvalue weighted by molar-refractivity contribution is -0.242. The van der Waals surface area contributed by atoms with Gasteiger partial charge in [-0.25, -0.2) is 0 Å². The van der Waals surface area contributed by atoms with E-state index in [0.717, 1.165) is 35.8 Å². The molecule has 0 spiro atoms. The van der Waals surface area contributed by atoms with Crippen LogP contribution in [0.3, 0.4) is 0 Å². The number of benzene rings is 1. The van der Waals surface area contributed by atoms with Crippen molar-refractivity contribution >= 4 is 29.1 Å². The van der Waals surface area contributed by atoms with E-state index in [1.165, 1.54) is 11.3 Å². The molecule has 3 aliphatic carbocycles. The van der Waals surface area contributed by atoms with Gasteiger partial charge in [0.15, 0.2) is 12.1 Å². The molecule has 2 aromatic rings. The second kappa shape index (κ2) is 11.8. The molecule has 1 heterocycles. The summed E-state index contributed by atoms with van der Waals surface area (Å²) in [6.07, 6.45) is 7.96. The first kappa shape index (κ1) is 30.8. The molecule has 8 heteroatoms. The number of carbonyl (C=O) groups excluding carboxylic acids is 2. The lowest BCUT2D eigenvalue weighted by Crippen LogP contribution is -2.62. The third kappa shape index (κ3) is 5.01. The summed E-state index contributed by atoms with van der Waals surface area (Å²) in [5, 5.41) is 35.3.